The molecule has 0 radical (unpaired) electrons. The molecule has 0 aliphatic carbocycles. The minimum absolute atomic E-state index is 0.301. The first-order valence-corrected chi connectivity index (χ1v) is 7.08. The molecule has 2 N–H and O–H groups in total. The smallest absolute Gasteiger partial charge is 0.130 e. The van der Waals surface area contributed by atoms with E-state index in [1.54, 1.807) is 7.11 Å². The third-order valence-corrected chi connectivity index (χ3v) is 4.20. The van der Waals surface area contributed by atoms with Crippen LogP contribution in [0.4, 0.5) is 5.82 Å². The Balaban J connectivity index is 2.26. The lowest BCUT2D eigenvalue weighted by molar-refractivity contribution is 0.0494. The summed E-state index contributed by atoms with van der Waals surface area (Å²) in [5, 5.41) is 4.55. The number of nitrogens with two attached hydrogens (primary N) is 1. The SMILES string of the molecule is COC1CN(c2c(CCN)c(C)nn2C)CCC1C. The molecule has 1 aliphatic rings. The highest BCUT2D eigenvalue weighted by Crippen LogP contribution is 2.29. The zero-order chi connectivity index (χ0) is 14.0. The van der Waals surface area contributed by atoms with Gasteiger partial charge in [-0.1, -0.05) is 6.92 Å². The van der Waals surface area contributed by atoms with E-state index < -0.39 is 0 Å². The van der Waals surface area contributed by atoms with Crippen molar-refractivity contribution in [1.82, 2.24) is 9.78 Å². The summed E-state index contributed by atoms with van der Waals surface area (Å²) < 4.78 is 7.59. The number of nitrogens with zero attached hydrogens (tertiary/aromatic N) is 3. The molecule has 1 aromatic rings. The molecule has 2 heterocycles. The fourth-order valence-corrected chi connectivity index (χ4v) is 3.06. The Morgan fingerprint density at radius 3 is 2.84 bits per heavy atom. The normalized spacial score (nSPS) is 23.9. The maximum atomic E-state index is 5.73. The molecule has 19 heavy (non-hydrogen) atoms. The number of piperidine rings is 1. The first-order chi connectivity index (χ1) is 9.08. The Morgan fingerprint density at radius 1 is 1.47 bits per heavy atom. The molecule has 1 fully saturated rings. The molecule has 0 amide bonds. The van der Waals surface area contributed by atoms with E-state index in [9.17, 15) is 0 Å². The van der Waals surface area contributed by atoms with Crippen molar-refractivity contribution in [2.24, 2.45) is 18.7 Å². The molecule has 5 nitrogen and oxygen atoms in total. The summed E-state index contributed by atoms with van der Waals surface area (Å²) in [6.07, 6.45) is 2.35. The minimum Gasteiger partial charge on any atom is -0.379 e. The van der Waals surface area contributed by atoms with E-state index in [4.69, 9.17) is 10.5 Å². The summed E-state index contributed by atoms with van der Waals surface area (Å²) in [4.78, 5) is 2.40. The molecule has 108 valence electrons. The van der Waals surface area contributed by atoms with Gasteiger partial charge in [0.2, 0.25) is 0 Å². The van der Waals surface area contributed by atoms with Crippen LogP contribution in [0.5, 0.6) is 0 Å². The van der Waals surface area contributed by atoms with Gasteiger partial charge in [-0.25, -0.2) is 0 Å². The van der Waals surface area contributed by atoms with Crippen LogP contribution in [-0.4, -0.2) is 42.6 Å². The summed E-state index contributed by atoms with van der Waals surface area (Å²) in [6.45, 7) is 7.00. The highest BCUT2D eigenvalue weighted by Gasteiger charge is 2.29. The Bertz CT molecular complexity index is 429. The van der Waals surface area contributed by atoms with E-state index >= 15 is 0 Å². The summed E-state index contributed by atoms with van der Waals surface area (Å²) >= 11 is 0. The first kappa shape index (κ1) is 14.3. The number of rotatable bonds is 4. The lowest BCUT2D eigenvalue weighted by Gasteiger charge is -2.37. The predicted molar refractivity (Wildman–Crippen MR) is 77.5 cm³/mol. The van der Waals surface area contributed by atoms with Crippen LogP contribution in [0.25, 0.3) is 0 Å². The second-order valence-corrected chi connectivity index (χ2v) is 5.54. The van der Waals surface area contributed by atoms with Gasteiger partial charge in [-0.3, -0.25) is 4.68 Å². The van der Waals surface area contributed by atoms with Gasteiger partial charge in [0.15, 0.2) is 0 Å². The van der Waals surface area contributed by atoms with Crippen molar-refractivity contribution >= 4 is 5.82 Å². The first-order valence-electron chi connectivity index (χ1n) is 7.08. The fraction of sp³-hybridized carbons (Fsp3) is 0.786. The molecule has 1 saturated heterocycles. The number of aromatic nitrogens is 2. The van der Waals surface area contributed by atoms with Crippen molar-refractivity contribution in [1.29, 1.82) is 0 Å². The summed E-state index contributed by atoms with van der Waals surface area (Å²) in [7, 11) is 3.82. The summed E-state index contributed by atoms with van der Waals surface area (Å²) in [6, 6.07) is 0. The number of anilines is 1. The van der Waals surface area contributed by atoms with E-state index in [1.165, 1.54) is 11.4 Å². The van der Waals surface area contributed by atoms with Crippen LogP contribution in [0.1, 0.15) is 24.6 Å². The molecule has 1 aliphatic heterocycles. The van der Waals surface area contributed by atoms with E-state index in [0.29, 0.717) is 18.6 Å². The van der Waals surface area contributed by atoms with Crippen molar-refractivity contribution in [3.8, 4) is 0 Å². The van der Waals surface area contributed by atoms with Crippen LogP contribution in [-0.2, 0) is 18.2 Å². The number of ether oxygens (including phenoxy) is 1. The molecule has 5 heteroatoms. The van der Waals surface area contributed by atoms with Crippen LogP contribution in [0.15, 0.2) is 0 Å². The monoisotopic (exact) mass is 266 g/mol. The molecule has 0 aromatic carbocycles. The second kappa shape index (κ2) is 5.92. The standard InChI is InChI=1S/C14H26N4O/c1-10-6-8-18(9-13(10)19-4)14-12(5-7-15)11(2)16-17(14)3/h10,13H,5-9,15H2,1-4H3. The molecule has 0 spiro atoms. The third-order valence-electron chi connectivity index (χ3n) is 4.20. The number of hydrogen-bond acceptors (Lipinski definition) is 4. The van der Waals surface area contributed by atoms with Crippen molar-refractivity contribution < 1.29 is 4.74 Å². The molecule has 0 saturated carbocycles. The Hall–Kier alpha value is -1.07. The van der Waals surface area contributed by atoms with Crippen molar-refractivity contribution in [3.63, 3.8) is 0 Å². The van der Waals surface area contributed by atoms with E-state index in [2.05, 4.69) is 23.8 Å². The number of hydrogen-bond donors (Lipinski definition) is 1. The average molecular weight is 266 g/mol. The largest absolute Gasteiger partial charge is 0.379 e. The van der Waals surface area contributed by atoms with Crippen LogP contribution in [0.2, 0.25) is 0 Å². The van der Waals surface area contributed by atoms with Crippen molar-refractivity contribution in [2.75, 3.05) is 31.6 Å². The highest BCUT2D eigenvalue weighted by atomic mass is 16.5. The van der Waals surface area contributed by atoms with Crippen molar-refractivity contribution in [2.45, 2.75) is 32.8 Å². The molecule has 0 bridgehead atoms. The topological polar surface area (TPSA) is 56.3 Å². The predicted octanol–water partition coefficient (Wildman–Crippen LogP) is 1.09. The van der Waals surface area contributed by atoms with Crippen LogP contribution >= 0.6 is 0 Å². The van der Waals surface area contributed by atoms with Gasteiger partial charge in [-0.15, -0.1) is 0 Å². The molecule has 2 unspecified atom stereocenters. The molecular formula is C14H26N4O. The van der Waals surface area contributed by atoms with Crippen molar-refractivity contribution in [3.05, 3.63) is 11.3 Å². The van der Waals surface area contributed by atoms with E-state index in [0.717, 1.165) is 31.6 Å². The average Bonchev–Trinajstić information content (AvgIpc) is 2.66. The Kier molecular flexibility index (Phi) is 4.47. The molecule has 2 rings (SSSR count). The van der Waals surface area contributed by atoms with Crippen LogP contribution < -0.4 is 10.6 Å². The van der Waals surface area contributed by atoms with Gasteiger partial charge in [0.25, 0.3) is 0 Å². The number of methoxy groups -OCH3 is 1. The van der Waals surface area contributed by atoms with Gasteiger partial charge in [0.1, 0.15) is 5.82 Å². The molecule has 2 atom stereocenters. The van der Waals surface area contributed by atoms with E-state index in [1.807, 2.05) is 11.7 Å². The van der Waals surface area contributed by atoms with Gasteiger partial charge in [0.05, 0.1) is 11.8 Å². The van der Waals surface area contributed by atoms with Gasteiger partial charge >= 0.3 is 0 Å². The summed E-state index contributed by atoms with van der Waals surface area (Å²) in [5.41, 5.74) is 8.11. The van der Waals surface area contributed by atoms with Gasteiger partial charge in [0, 0.05) is 32.8 Å². The molecule has 1 aromatic heterocycles. The zero-order valence-electron chi connectivity index (χ0n) is 12.5. The lowest BCUT2D eigenvalue weighted by Crippen LogP contribution is -2.45. The molecular weight excluding hydrogens is 240 g/mol. The fourth-order valence-electron chi connectivity index (χ4n) is 3.06. The maximum absolute atomic E-state index is 5.73. The Labute approximate surface area is 115 Å². The van der Waals surface area contributed by atoms with Gasteiger partial charge < -0.3 is 15.4 Å². The zero-order valence-corrected chi connectivity index (χ0v) is 12.5. The van der Waals surface area contributed by atoms with E-state index in [-0.39, 0.29) is 0 Å². The quantitative estimate of drug-likeness (QED) is 0.886. The summed E-state index contributed by atoms with van der Waals surface area (Å²) in [5.74, 6) is 1.84. The van der Waals surface area contributed by atoms with Crippen LogP contribution in [0, 0.1) is 12.8 Å². The third kappa shape index (κ3) is 2.77. The highest BCUT2D eigenvalue weighted by molar-refractivity contribution is 5.51. The lowest BCUT2D eigenvalue weighted by atomic mass is 9.95. The van der Waals surface area contributed by atoms with Gasteiger partial charge in [-0.05, 0) is 32.2 Å². The minimum atomic E-state index is 0.301. The maximum Gasteiger partial charge on any atom is 0.130 e. The number of aryl methyl sites for hydroxylation is 2. The van der Waals surface area contributed by atoms with Crippen LogP contribution in [0.3, 0.4) is 0 Å². The Morgan fingerprint density at radius 2 is 2.21 bits per heavy atom. The second-order valence-electron chi connectivity index (χ2n) is 5.54. The van der Waals surface area contributed by atoms with Gasteiger partial charge in [-0.2, -0.15) is 5.10 Å².